The van der Waals surface area contributed by atoms with E-state index in [0.29, 0.717) is 11.7 Å². The number of pyridine rings is 1. The Kier molecular flexibility index (Phi) is 4.88. The highest BCUT2D eigenvalue weighted by molar-refractivity contribution is 6.01. The monoisotopic (exact) mass is 280 g/mol. The van der Waals surface area contributed by atoms with E-state index in [1.165, 1.54) is 11.6 Å². The lowest BCUT2D eigenvalue weighted by Gasteiger charge is -2.04. The summed E-state index contributed by atoms with van der Waals surface area (Å²) in [6.07, 6.45) is 5.05. The molecule has 0 saturated carbocycles. The maximum Gasteiger partial charge on any atom is 0.249 e. The van der Waals surface area contributed by atoms with Crippen molar-refractivity contribution in [2.24, 2.45) is 0 Å². The molecule has 3 heteroatoms. The minimum atomic E-state index is -0.181. The Hall–Kier alpha value is -2.42. The molecule has 108 valence electrons. The molecule has 0 aliphatic rings. The molecule has 0 spiro atoms. The highest BCUT2D eigenvalue weighted by Crippen LogP contribution is 2.15. The van der Waals surface area contributed by atoms with Crippen LogP contribution in [0, 0.1) is 6.92 Å². The Labute approximate surface area is 125 Å². The molecule has 3 nitrogen and oxygen atoms in total. The smallest absolute Gasteiger partial charge is 0.249 e. The fraction of sp³-hybridized carbons (Fsp3) is 0.222. The highest BCUT2D eigenvalue weighted by atomic mass is 16.1. The first-order valence-corrected chi connectivity index (χ1v) is 7.06. The van der Waals surface area contributed by atoms with Crippen LogP contribution < -0.4 is 5.32 Å². The second-order valence-electron chi connectivity index (χ2n) is 5.36. The van der Waals surface area contributed by atoms with Gasteiger partial charge in [0.05, 0.1) is 0 Å². The zero-order chi connectivity index (χ0) is 15.2. The van der Waals surface area contributed by atoms with Gasteiger partial charge in [-0.3, -0.25) is 4.79 Å². The first-order valence-electron chi connectivity index (χ1n) is 7.06. The summed E-state index contributed by atoms with van der Waals surface area (Å²) >= 11 is 0. The molecule has 0 fully saturated rings. The lowest BCUT2D eigenvalue weighted by molar-refractivity contribution is -0.111. The number of aromatic nitrogens is 1. The van der Waals surface area contributed by atoms with Crippen LogP contribution in [0.15, 0.2) is 48.7 Å². The molecule has 21 heavy (non-hydrogen) atoms. The summed E-state index contributed by atoms with van der Waals surface area (Å²) in [5, 5.41) is 2.73. The van der Waals surface area contributed by atoms with Crippen LogP contribution in [0.1, 0.15) is 36.5 Å². The Morgan fingerprint density at radius 2 is 1.86 bits per heavy atom. The van der Waals surface area contributed by atoms with Crippen molar-refractivity contribution in [3.05, 3.63) is 65.4 Å². The van der Waals surface area contributed by atoms with Crippen molar-refractivity contribution in [3.63, 3.8) is 0 Å². The van der Waals surface area contributed by atoms with Gasteiger partial charge in [0, 0.05) is 12.3 Å². The maximum absolute atomic E-state index is 11.8. The number of hydrogen-bond donors (Lipinski definition) is 1. The molecule has 1 aromatic heterocycles. The lowest BCUT2D eigenvalue weighted by atomic mass is 10.0. The summed E-state index contributed by atoms with van der Waals surface area (Å²) in [7, 11) is 0. The SMILES string of the molecule is Cc1ccc(NC(=O)C=Cc2ccc(C(C)C)cc2)nc1. The molecule has 0 radical (unpaired) electrons. The van der Waals surface area contributed by atoms with Crippen LogP contribution >= 0.6 is 0 Å². The quantitative estimate of drug-likeness (QED) is 0.854. The van der Waals surface area contributed by atoms with E-state index in [2.05, 4.69) is 36.3 Å². The predicted molar refractivity (Wildman–Crippen MR) is 87.2 cm³/mol. The number of rotatable bonds is 4. The highest BCUT2D eigenvalue weighted by Gasteiger charge is 2.00. The zero-order valence-electron chi connectivity index (χ0n) is 12.6. The van der Waals surface area contributed by atoms with E-state index in [0.717, 1.165) is 11.1 Å². The molecule has 0 atom stereocenters. The van der Waals surface area contributed by atoms with E-state index in [1.54, 1.807) is 18.3 Å². The maximum atomic E-state index is 11.8. The molecule has 1 aromatic carbocycles. The van der Waals surface area contributed by atoms with Crippen molar-refractivity contribution >= 4 is 17.8 Å². The number of carbonyl (C=O) groups is 1. The lowest BCUT2D eigenvalue weighted by Crippen LogP contribution is -2.08. The summed E-state index contributed by atoms with van der Waals surface area (Å²) in [5.74, 6) is 0.892. The molecular formula is C18H20N2O. The van der Waals surface area contributed by atoms with Crippen LogP contribution in [0.5, 0.6) is 0 Å². The molecule has 0 saturated heterocycles. The van der Waals surface area contributed by atoms with Gasteiger partial charge in [0.1, 0.15) is 5.82 Å². The summed E-state index contributed by atoms with van der Waals surface area (Å²) in [5.41, 5.74) is 3.36. The average Bonchev–Trinajstić information content (AvgIpc) is 2.48. The minimum Gasteiger partial charge on any atom is -0.307 e. The van der Waals surface area contributed by atoms with Crippen LogP contribution in [0.2, 0.25) is 0 Å². The molecule has 0 unspecified atom stereocenters. The van der Waals surface area contributed by atoms with Crippen LogP contribution in [-0.2, 0) is 4.79 Å². The third-order valence-electron chi connectivity index (χ3n) is 3.19. The second kappa shape index (κ2) is 6.84. The summed E-state index contributed by atoms with van der Waals surface area (Å²) < 4.78 is 0. The average molecular weight is 280 g/mol. The molecule has 1 N–H and O–H groups in total. The number of nitrogens with zero attached hydrogens (tertiary/aromatic N) is 1. The first-order chi connectivity index (χ1) is 10.0. The van der Waals surface area contributed by atoms with E-state index >= 15 is 0 Å². The van der Waals surface area contributed by atoms with Gasteiger partial charge in [-0.1, -0.05) is 44.2 Å². The van der Waals surface area contributed by atoms with Gasteiger partial charge >= 0.3 is 0 Å². The zero-order valence-corrected chi connectivity index (χ0v) is 12.6. The van der Waals surface area contributed by atoms with E-state index in [-0.39, 0.29) is 5.91 Å². The van der Waals surface area contributed by atoms with E-state index < -0.39 is 0 Å². The first kappa shape index (κ1) is 15.0. The Bertz CT molecular complexity index is 625. The van der Waals surface area contributed by atoms with Crippen molar-refractivity contribution < 1.29 is 4.79 Å². The molecule has 1 heterocycles. The summed E-state index contributed by atoms with van der Waals surface area (Å²) in [6, 6.07) is 11.9. The fourth-order valence-corrected chi connectivity index (χ4v) is 1.87. The predicted octanol–water partition coefficient (Wildman–Crippen LogP) is 4.17. The van der Waals surface area contributed by atoms with Crippen LogP contribution in [0.4, 0.5) is 5.82 Å². The van der Waals surface area contributed by atoms with Crippen molar-refractivity contribution in [2.45, 2.75) is 26.7 Å². The Balaban J connectivity index is 1.96. The number of hydrogen-bond acceptors (Lipinski definition) is 2. The molecule has 1 amide bonds. The van der Waals surface area contributed by atoms with Crippen molar-refractivity contribution in [1.82, 2.24) is 4.98 Å². The third-order valence-corrected chi connectivity index (χ3v) is 3.19. The van der Waals surface area contributed by atoms with Gasteiger partial charge in [0.25, 0.3) is 0 Å². The normalized spacial score (nSPS) is 11.0. The molecule has 0 bridgehead atoms. The fourth-order valence-electron chi connectivity index (χ4n) is 1.87. The number of anilines is 1. The molecule has 2 aromatic rings. The van der Waals surface area contributed by atoms with Gasteiger partial charge < -0.3 is 5.32 Å². The van der Waals surface area contributed by atoms with E-state index in [1.807, 2.05) is 25.1 Å². The Morgan fingerprint density at radius 3 is 2.43 bits per heavy atom. The van der Waals surface area contributed by atoms with Gasteiger partial charge in [0.2, 0.25) is 5.91 Å². The van der Waals surface area contributed by atoms with Gasteiger partial charge in [-0.2, -0.15) is 0 Å². The summed E-state index contributed by atoms with van der Waals surface area (Å²) in [4.78, 5) is 15.9. The Morgan fingerprint density at radius 1 is 1.14 bits per heavy atom. The van der Waals surface area contributed by atoms with Gasteiger partial charge in [0.15, 0.2) is 0 Å². The third kappa shape index (κ3) is 4.56. The van der Waals surface area contributed by atoms with Gasteiger partial charge in [-0.15, -0.1) is 0 Å². The van der Waals surface area contributed by atoms with Crippen molar-refractivity contribution in [1.29, 1.82) is 0 Å². The number of benzene rings is 1. The molecule has 0 aliphatic carbocycles. The number of aryl methyl sites for hydroxylation is 1. The van der Waals surface area contributed by atoms with Crippen LogP contribution in [0.3, 0.4) is 0 Å². The largest absolute Gasteiger partial charge is 0.307 e. The second-order valence-corrected chi connectivity index (χ2v) is 5.36. The van der Waals surface area contributed by atoms with E-state index in [9.17, 15) is 4.79 Å². The van der Waals surface area contributed by atoms with Crippen LogP contribution in [-0.4, -0.2) is 10.9 Å². The van der Waals surface area contributed by atoms with E-state index in [4.69, 9.17) is 0 Å². The minimum absolute atomic E-state index is 0.181. The van der Waals surface area contributed by atoms with Crippen molar-refractivity contribution in [2.75, 3.05) is 5.32 Å². The standard InChI is InChI=1S/C18H20N2O/c1-13(2)16-8-5-15(6-9-16)7-11-18(21)20-17-10-4-14(3)12-19-17/h4-13H,1-3H3,(H,19,20,21). The number of nitrogens with one attached hydrogen (secondary N) is 1. The van der Waals surface area contributed by atoms with Crippen LogP contribution in [0.25, 0.3) is 6.08 Å². The molecular weight excluding hydrogens is 260 g/mol. The molecule has 0 aliphatic heterocycles. The van der Waals surface area contributed by atoms with Gasteiger partial charge in [-0.25, -0.2) is 4.98 Å². The molecule has 2 rings (SSSR count). The topological polar surface area (TPSA) is 42.0 Å². The summed E-state index contributed by atoms with van der Waals surface area (Å²) in [6.45, 7) is 6.28. The van der Waals surface area contributed by atoms with Crippen molar-refractivity contribution in [3.8, 4) is 0 Å². The number of amides is 1. The number of carbonyl (C=O) groups excluding carboxylic acids is 1. The van der Waals surface area contributed by atoms with Gasteiger partial charge in [-0.05, 0) is 41.7 Å².